The lowest BCUT2D eigenvalue weighted by atomic mass is 10.0. The van der Waals surface area contributed by atoms with E-state index < -0.39 is 17.3 Å². The number of hydrogen-bond acceptors (Lipinski definition) is 4. The second-order valence-electron chi connectivity index (χ2n) is 7.00. The molecule has 2 fully saturated rings. The summed E-state index contributed by atoms with van der Waals surface area (Å²) >= 11 is 0. The molecule has 2 aromatic rings. The summed E-state index contributed by atoms with van der Waals surface area (Å²) in [4.78, 5) is 27.3. The van der Waals surface area contributed by atoms with Crippen molar-refractivity contribution < 1.29 is 18.7 Å². The number of benzene rings is 1. The molecule has 0 radical (unpaired) electrons. The average molecular weight is 360 g/mol. The van der Waals surface area contributed by atoms with E-state index in [1.54, 1.807) is 0 Å². The van der Waals surface area contributed by atoms with E-state index in [4.69, 9.17) is 9.47 Å². The van der Waals surface area contributed by atoms with E-state index in [0.717, 1.165) is 0 Å². The number of nitrogens with one attached hydrogen (secondary N) is 2. The standard InChI is InChI=1S/C19H21FN2O4/c20-12-3-4-15-13(7-12)14(8-18(23)21-15)19(24)22-16-10-25-6-5-17(16)26-9-11-1-2-11/h3-4,7-8,11,16-17H,1-2,5-6,9-10H2,(H,21,23)(H,22,24)/t16-,17+/m1/s1. The van der Waals surface area contributed by atoms with E-state index in [1.807, 2.05) is 0 Å². The average Bonchev–Trinajstić information content (AvgIpc) is 3.45. The van der Waals surface area contributed by atoms with Crippen molar-refractivity contribution in [3.63, 3.8) is 0 Å². The molecule has 1 saturated carbocycles. The molecule has 2 N–H and O–H groups in total. The van der Waals surface area contributed by atoms with Gasteiger partial charge in [0.1, 0.15) is 5.82 Å². The van der Waals surface area contributed by atoms with Crippen LogP contribution in [0.25, 0.3) is 10.9 Å². The van der Waals surface area contributed by atoms with Crippen molar-refractivity contribution in [1.29, 1.82) is 0 Å². The molecule has 2 heterocycles. The predicted molar refractivity (Wildman–Crippen MR) is 93.7 cm³/mol. The second-order valence-corrected chi connectivity index (χ2v) is 7.00. The fourth-order valence-electron chi connectivity index (χ4n) is 3.26. The molecule has 2 atom stereocenters. The molecule has 1 aliphatic heterocycles. The molecule has 0 unspecified atom stereocenters. The van der Waals surface area contributed by atoms with Crippen molar-refractivity contribution in [2.45, 2.75) is 31.4 Å². The van der Waals surface area contributed by atoms with Crippen LogP contribution in [0, 0.1) is 11.7 Å². The Kier molecular flexibility index (Phi) is 4.74. The summed E-state index contributed by atoms with van der Waals surface area (Å²) in [5.74, 6) is -0.263. The molecule has 6 nitrogen and oxygen atoms in total. The van der Waals surface area contributed by atoms with Crippen LogP contribution in [0.15, 0.2) is 29.1 Å². The van der Waals surface area contributed by atoms with Gasteiger partial charge >= 0.3 is 0 Å². The number of H-pyrrole nitrogens is 1. The van der Waals surface area contributed by atoms with Crippen molar-refractivity contribution in [2.24, 2.45) is 5.92 Å². The number of rotatable bonds is 5. The summed E-state index contributed by atoms with van der Waals surface area (Å²) in [7, 11) is 0. The monoisotopic (exact) mass is 360 g/mol. The summed E-state index contributed by atoms with van der Waals surface area (Å²) in [5, 5.41) is 3.27. The quantitative estimate of drug-likeness (QED) is 0.854. The Labute approximate surface area is 149 Å². The Bertz CT molecular complexity index is 877. The minimum atomic E-state index is -0.467. The van der Waals surface area contributed by atoms with Crippen molar-refractivity contribution in [1.82, 2.24) is 10.3 Å². The summed E-state index contributed by atoms with van der Waals surface area (Å²) in [6, 6.07) is 4.85. The molecule has 1 aromatic heterocycles. The van der Waals surface area contributed by atoms with Crippen LogP contribution in [0.3, 0.4) is 0 Å². The van der Waals surface area contributed by atoms with Crippen LogP contribution in [-0.2, 0) is 9.47 Å². The summed E-state index contributed by atoms with van der Waals surface area (Å²) in [6.45, 7) is 1.66. The molecule has 4 rings (SSSR count). The number of carbonyl (C=O) groups is 1. The first-order valence-electron chi connectivity index (χ1n) is 8.93. The molecule has 26 heavy (non-hydrogen) atoms. The lowest BCUT2D eigenvalue weighted by Gasteiger charge is -2.32. The van der Waals surface area contributed by atoms with Crippen LogP contribution < -0.4 is 10.9 Å². The third-order valence-electron chi connectivity index (χ3n) is 4.90. The topological polar surface area (TPSA) is 80.4 Å². The zero-order chi connectivity index (χ0) is 18.1. The minimum Gasteiger partial charge on any atom is -0.379 e. The van der Waals surface area contributed by atoms with Gasteiger partial charge < -0.3 is 19.8 Å². The highest BCUT2D eigenvalue weighted by molar-refractivity contribution is 6.06. The number of ether oxygens (including phenoxy) is 2. The molecule has 1 amide bonds. The fraction of sp³-hybridized carbons (Fsp3) is 0.474. The molecule has 1 aliphatic carbocycles. The third-order valence-corrected chi connectivity index (χ3v) is 4.90. The van der Waals surface area contributed by atoms with E-state index in [9.17, 15) is 14.0 Å². The largest absolute Gasteiger partial charge is 0.379 e. The normalized spacial score (nSPS) is 23.1. The van der Waals surface area contributed by atoms with Crippen molar-refractivity contribution in [2.75, 3.05) is 19.8 Å². The first-order chi connectivity index (χ1) is 12.6. The van der Waals surface area contributed by atoms with Gasteiger partial charge in [-0.05, 0) is 43.4 Å². The molecule has 1 saturated heterocycles. The van der Waals surface area contributed by atoms with Crippen molar-refractivity contribution in [3.05, 3.63) is 46.0 Å². The molecule has 2 aliphatic rings. The fourth-order valence-corrected chi connectivity index (χ4v) is 3.26. The lowest BCUT2D eigenvalue weighted by molar-refractivity contribution is -0.0567. The van der Waals surface area contributed by atoms with Gasteiger partial charge in [-0.25, -0.2) is 4.39 Å². The number of amides is 1. The third kappa shape index (κ3) is 3.78. The Morgan fingerprint density at radius 2 is 2.15 bits per heavy atom. The Hall–Kier alpha value is -2.25. The van der Waals surface area contributed by atoms with Gasteiger partial charge in [-0.2, -0.15) is 0 Å². The zero-order valence-corrected chi connectivity index (χ0v) is 14.3. The van der Waals surface area contributed by atoms with E-state index in [0.29, 0.717) is 43.1 Å². The van der Waals surface area contributed by atoms with Gasteiger partial charge in [0, 0.05) is 30.2 Å². The Morgan fingerprint density at radius 1 is 1.31 bits per heavy atom. The maximum atomic E-state index is 13.6. The van der Waals surface area contributed by atoms with Crippen LogP contribution >= 0.6 is 0 Å². The van der Waals surface area contributed by atoms with Crippen LogP contribution in [0.2, 0.25) is 0 Å². The van der Waals surface area contributed by atoms with E-state index in [-0.39, 0.29) is 17.7 Å². The Balaban J connectivity index is 1.55. The van der Waals surface area contributed by atoms with E-state index in [2.05, 4.69) is 10.3 Å². The molecule has 0 spiro atoms. The van der Waals surface area contributed by atoms with Gasteiger partial charge in [0.2, 0.25) is 5.56 Å². The predicted octanol–water partition coefficient (Wildman–Crippen LogP) is 1.98. The first-order valence-corrected chi connectivity index (χ1v) is 8.93. The summed E-state index contributed by atoms with van der Waals surface area (Å²) in [5.41, 5.74) is 0.163. The van der Waals surface area contributed by atoms with E-state index in [1.165, 1.54) is 37.1 Å². The minimum absolute atomic E-state index is 0.113. The first kappa shape index (κ1) is 17.2. The van der Waals surface area contributed by atoms with Crippen LogP contribution in [0.5, 0.6) is 0 Å². The Morgan fingerprint density at radius 3 is 2.96 bits per heavy atom. The van der Waals surface area contributed by atoms with Crippen LogP contribution in [0.4, 0.5) is 4.39 Å². The summed E-state index contributed by atoms with van der Waals surface area (Å²) < 4.78 is 25.1. The van der Waals surface area contributed by atoms with E-state index >= 15 is 0 Å². The van der Waals surface area contributed by atoms with Gasteiger partial charge in [0.25, 0.3) is 5.91 Å². The number of pyridine rings is 1. The van der Waals surface area contributed by atoms with Crippen LogP contribution in [0.1, 0.15) is 29.6 Å². The number of carbonyl (C=O) groups excluding carboxylic acids is 1. The number of aromatic amines is 1. The van der Waals surface area contributed by atoms with Crippen molar-refractivity contribution in [3.8, 4) is 0 Å². The smallest absolute Gasteiger partial charge is 0.252 e. The molecule has 138 valence electrons. The van der Waals surface area contributed by atoms with Crippen molar-refractivity contribution >= 4 is 16.8 Å². The molecule has 0 bridgehead atoms. The molecular weight excluding hydrogens is 339 g/mol. The maximum Gasteiger partial charge on any atom is 0.252 e. The lowest BCUT2D eigenvalue weighted by Crippen LogP contribution is -2.50. The highest BCUT2D eigenvalue weighted by Gasteiger charge is 2.31. The highest BCUT2D eigenvalue weighted by Crippen LogP contribution is 2.30. The SMILES string of the molecule is O=C(N[C@@H]1COCC[C@@H]1OCC1CC1)c1cc(=O)[nH]c2ccc(F)cc12. The van der Waals surface area contributed by atoms with Gasteiger partial charge in [-0.3, -0.25) is 9.59 Å². The maximum absolute atomic E-state index is 13.6. The molecule has 7 heteroatoms. The number of aromatic nitrogens is 1. The zero-order valence-electron chi connectivity index (χ0n) is 14.3. The molecule has 1 aromatic carbocycles. The van der Waals surface area contributed by atoms with Gasteiger partial charge in [0.15, 0.2) is 0 Å². The number of fused-ring (bicyclic) bond motifs is 1. The number of hydrogen-bond donors (Lipinski definition) is 2. The van der Waals surface area contributed by atoms with Gasteiger partial charge in [-0.1, -0.05) is 0 Å². The van der Waals surface area contributed by atoms with Gasteiger partial charge in [-0.15, -0.1) is 0 Å². The van der Waals surface area contributed by atoms with Crippen LogP contribution in [-0.4, -0.2) is 42.9 Å². The molecular formula is C19H21FN2O4. The second kappa shape index (κ2) is 7.17. The highest BCUT2D eigenvalue weighted by atomic mass is 19.1. The van der Waals surface area contributed by atoms with Gasteiger partial charge in [0.05, 0.1) is 24.3 Å². The number of halogens is 1. The summed E-state index contributed by atoms with van der Waals surface area (Å²) in [6.07, 6.45) is 3.00.